The summed E-state index contributed by atoms with van der Waals surface area (Å²) in [5.74, 6) is -1.08. The van der Waals surface area contributed by atoms with Crippen molar-refractivity contribution >= 4 is 12.4 Å². The van der Waals surface area contributed by atoms with Crippen molar-refractivity contribution in [3.63, 3.8) is 0 Å². The highest BCUT2D eigenvalue weighted by molar-refractivity contribution is 5.77. The molecule has 1 atom stereocenters. The van der Waals surface area contributed by atoms with E-state index in [2.05, 4.69) is 10.3 Å². The molecule has 1 heterocycles. The highest BCUT2D eigenvalue weighted by Crippen LogP contribution is 2.36. The van der Waals surface area contributed by atoms with Gasteiger partial charge in [0.15, 0.2) is 6.04 Å². The standard InChI is InChI=1S/C9H11N3O3/c13-5-11-8(9(14)15)7-3-10-4-12(7)6-1-2-6/h3-6,8H,1-2H2,(H,11,13)(H,14,15). The van der Waals surface area contributed by atoms with Gasteiger partial charge in [0.05, 0.1) is 18.2 Å². The van der Waals surface area contributed by atoms with E-state index in [0.717, 1.165) is 12.8 Å². The molecule has 0 bridgehead atoms. The fraction of sp³-hybridized carbons (Fsp3) is 0.444. The van der Waals surface area contributed by atoms with E-state index in [0.29, 0.717) is 18.1 Å². The van der Waals surface area contributed by atoms with E-state index in [1.807, 2.05) is 4.57 Å². The summed E-state index contributed by atoms with van der Waals surface area (Å²) in [6.07, 6.45) is 5.56. The lowest BCUT2D eigenvalue weighted by Crippen LogP contribution is -2.29. The molecule has 0 aromatic carbocycles. The predicted octanol–water partition coefficient (Wildman–Crippen LogP) is 0.0897. The second-order valence-corrected chi connectivity index (χ2v) is 3.51. The van der Waals surface area contributed by atoms with Crippen LogP contribution in [0.2, 0.25) is 0 Å². The average molecular weight is 209 g/mol. The van der Waals surface area contributed by atoms with Gasteiger partial charge in [0.1, 0.15) is 0 Å². The Hall–Kier alpha value is -1.85. The summed E-state index contributed by atoms with van der Waals surface area (Å²) < 4.78 is 1.81. The van der Waals surface area contributed by atoms with Crippen LogP contribution in [0, 0.1) is 0 Å². The van der Waals surface area contributed by atoms with E-state index in [1.165, 1.54) is 6.20 Å². The Morgan fingerprint density at radius 2 is 2.47 bits per heavy atom. The molecule has 1 aliphatic rings. The number of hydrogen-bond acceptors (Lipinski definition) is 3. The summed E-state index contributed by atoms with van der Waals surface area (Å²) in [5.41, 5.74) is 0.525. The number of imidazole rings is 1. The number of carboxylic acid groups (broad SMARTS) is 1. The van der Waals surface area contributed by atoms with Gasteiger partial charge >= 0.3 is 5.97 Å². The number of amides is 1. The molecule has 0 radical (unpaired) electrons. The number of aromatic nitrogens is 2. The van der Waals surface area contributed by atoms with Crippen molar-refractivity contribution in [3.8, 4) is 0 Å². The molecule has 1 unspecified atom stereocenters. The van der Waals surface area contributed by atoms with Crippen molar-refractivity contribution in [2.75, 3.05) is 0 Å². The molecular formula is C9H11N3O3. The first-order valence-corrected chi connectivity index (χ1v) is 4.68. The number of carbonyl (C=O) groups is 2. The molecular weight excluding hydrogens is 198 g/mol. The van der Waals surface area contributed by atoms with Gasteiger partial charge in [0, 0.05) is 6.04 Å². The summed E-state index contributed by atoms with van der Waals surface area (Å²) in [7, 11) is 0. The molecule has 2 rings (SSSR count). The molecule has 6 nitrogen and oxygen atoms in total. The zero-order valence-corrected chi connectivity index (χ0v) is 7.96. The second kappa shape index (κ2) is 3.72. The molecule has 0 saturated heterocycles. The summed E-state index contributed by atoms with van der Waals surface area (Å²) >= 11 is 0. The van der Waals surface area contributed by atoms with Crippen LogP contribution in [0.5, 0.6) is 0 Å². The van der Waals surface area contributed by atoms with Crippen LogP contribution in [0.1, 0.15) is 30.6 Å². The first-order chi connectivity index (χ1) is 7.24. The zero-order valence-electron chi connectivity index (χ0n) is 7.96. The van der Waals surface area contributed by atoms with Gasteiger partial charge in [-0.05, 0) is 12.8 Å². The van der Waals surface area contributed by atoms with E-state index >= 15 is 0 Å². The van der Waals surface area contributed by atoms with Crippen LogP contribution in [-0.4, -0.2) is 27.0 Å². The molecule has 1 amide bonds. The van der Waals surface area contributed by atoms with Gasteiger partial charge in [0.2, 0.25) is 6.41 Å². The zero-order chi connectivity index (χ0) is 10.8. The van der Waals surface area contributed by atoms with Crippen molar-refractivity contribution in [2.24, 2.45) is 0 Å². The van der Waals surface area contributed by atoms with Crippen LogP contribution >= 0.6 is 0 Å². The summed E-state index contributed by atoms with van der Waals surface area (Å²) in [5, 5.41) is 11.2. The third-order valence-corrected chi connectivity index (χ3v) is 2.41. The van der Waals surface area contributed by atoms with Gasteiger partial charge in [0.25, 0.3) is 0 Å². The number of aliphatic carboxylic acids is 1. The predicted molar refractivity (Wildman–Crippen MR) is 50.1 cm³/mol. The summed E-state index contributed by atoms with van der Waals surface area (Å²) in [6.45, 7) is 0. The van der Waals surface area contributed by atoms with E-state index in [1.54, 1.807) is 6.33 Å². The largest absolute Gasteiger partial charge is 0.479 e. The molecule has 1 fully saturated rings. The molecule has 80 valence electrons. The Morgan fingerprint density at radius 3 is 3.00 bits per heavy atom. The lowest BCUT2D eigenvalue weighted by molar-refractivity contribution is -0.140. The van der Waals surface area contributed by atoms with E-state index in [9.17, 15) is 9.59 Å². The van der Waals surface area contributed by atoms with Crippen molar-refractivity contribution < 1.29 is 14.7 Å². The normalized spacial score (nSPS) is 17.1. The lowest BCUT2D eigenvalue weighted by atomic mass is 10.2. The van der Waals surface area contributed by atoms with Crippen molar-refractivity contribution in [2.45, 2.75) is 24.9 Å². The average Bonchev–Trinajstić information content (AvgIpc) is 2.94. The van der Waals surface area contributed by atoms with Crippen molar-refractivity contribution in [1.29, 1.82) is 0 Å². The van der Waals surface area contributed by atoms with Crippen LogP contribution in [0.3, 0.4) is 0 Å². The molecule has 2 N–H and O–H groups in total. The molecule has 1 aliphatic carbocycles. The highest BCUT2D eigenvalue weighted by atomic mass is 16.4. The van der Waals surface area contributed by atoms with E-state index in [4.69, 9.17) is 5.11 Å². The van der Waals surface area contributed by atoms with Crippen LogP contribution in [-0.2, 0) is 9.59 Å². The fourth-order valence-corrected chi connectivity index (χ4v) is 1.55. The van der Waals surface area contributed by atoms with Crippen molar-refractivity contribution in [1.82, 2.24) is 14.9 Å². The van der Waals surface area contributed by atoms with Gasteiger partial charge in [-0.1, -0.05) is 0 Å². The Labute approximate surface area is 85.9 Å². The molecule has 15 heavy (non-hydrogen) atoms. The molecule has 1 saturated carbocycles. The first kappa shape index (κ1) is 9.70. The minimum absolute atomic E-state index is 0.345. The van der Waals surface area contributed by atoms with Crippen molar-refractivity contribution in [3.05, 3.63) is 18.2 Å². The van der Waals surface area contributed by atoms with Gasteiger partial charge in [-0.15, -0.1) is 0 Å². The maximum Gasteiger partial charge on any atom is 0.332 e. The molecule has 6 heteroatoms. The van der Waals surface area contributed by atoms with Gasteiger partial charge < -0.3 is 15.0 Å². The molecule has 0 aliphatic heterocycles. The maximum atomic E-state index is 10.9. The quantitative estimate of drug-likeness (QED) is 0.673. The monoisotopic (exact) mass is 209 g/mol. The minimum Gasteiger partial charge on any atom is -0.479 e. The Kier molecular flexibility index (Phi) is 2.40. The second-order valence-electron chi connectivity index (χ2n) is 3.51. The van der Waals surface area contributed by atoms with Crippen LogP contribution in [0.25, 0.3) is 0 Å². The lowest BCUT2D eigenvalue weighted by Gasteiger charge is -2.13. The number of nitrogens with one attached hydrogen (secondary N) is 1. The SMILES string of the molecule is O=CNC(C(=O)O)c1cncn1C1CC1. The number of carbonyl (C=O) groups excluding carboxylic acids is 1. The molecule has 1 aromatic heterocycles. The van der Waals surface area contributed by atoms with Gasteiger partial charge in [-0.2, -0.15) is 0 Å². The number of carboxylic acids is 1. The summed E-state index contributed by atoms with van der Waals surface area (Å²) in [4.78, 5) is 25.1. The fourth-order valence-electron chi connectivity index (χ4n) is 1.55. The number of rotatable bonds is 5. The Balaban J connectivity index is 2.27. The van der Waals surface area contributed by atoms with Gasteiger partial charge in [-0.25, -0.2) is 9.78 Å². The number of nitrogens with zero attached hydrogens (tertiary/aromatic N) is 2. The minimum atomic E-state index is -1.08. The number of hydrogen-bond donors (Lipinski definition) is 2. The molecule has 0 spiro atoms. The smallest absolute Gasteiger partial charge is 0.332 e. The Morgan fingerprint density at radius 1 is 1.73 bits per heavy atom. The first-order valence-electron chi connectivity index (χ1n) is 4.68. The third-order valence-electron chi connectivity index (χ3n) is 2.41. The van der Waals surface area contributed by atoms with Crippen LogP contribution in [0.4, 0.5) is 0 Å². The van der Waals surface area contributed by atoms with E-state index in [-0.39, 0.29) is 0 Å². The molecule has 1 aromatic rings. The topological polar surface area (TPSA) is 84.2 Å². The third kappa shape index (κ3) is 1.83. The van der Waals surface area contributed by atoms with E-state index < -0.39 is 12.0 Å². The summed E-state index contributed by atoms with van der Waals surface area (Å²) in [6, 6.07) is -0.664. The van der Waals surface area contributed by atoms with Crippen LogP contribution < -0.4 is 5.32 Å². The van der Waals surface area contributed by atoms with Crippen LogP contribution in [0.15, 0.2) is 12.5 Å². The highest BCUT2D eigenvalue weighted by Gasteiger charge is 2.30. The Bertz CT molecular complexity index is 384. The van der Waals surface area contributed by atoms with Gasteiger partial charge in [-0.3, -0.25) is 4.79 Å². The maximum absolute atomic E-state index is 10.9.